The second-order valence-electron chi connectivity index (χ2n) is 3.34. The molecule has 0 atom stereocenters. The average Bonchev–Trinajstić information content (AvgIpc) is 2.27. The van der Waals surface area contributed by atoms with Gasteiger partial charge in [0.05, 0.1) is 10.6 Å². The molecule has 0 fully saturated rings. The third kappa shape index (κ3) is 4.12. The molecule has 0 aliphatic rings. The number of hydrogen-bond donors (Lipinski definition) is 2. The Labute approximate surface area is 109 Å². The second-order valence-corrected chi connectivity index (χ2v) is 4.66. The summed E-state index contributed by atoms with van der Waals surface area (Å²) < 4.78 is 0.845. The van der Waals surface area contributed by atoms with Crippen molar-refractivity contribution in [2.45, 2.75) is 6.42 Å². The molecule has 0 unspecified atom stereocenters. The van der Waals surface area contributed by atoms with Crippen LogP contribution >= 0.6 is 27.5 Å². The van der Waals surface area contributed by atoms with E-state index in [9.17, 15) is 4.79 Å². The Morgan fingerprint density at radius 2 is 2.19 bits per heavy atom. The number of rotatable bonds is 5. The van der Waals surface area contributed by atoms with Crippen molar-refractivity contribution in [3.05, 3.63) is 33.3 Å². The Kier molecular flexibility index (Phi) is 5.80. The molecule has 0 saturated heterocycles. The van der Waals surface area contributed by atoms with Gasteiger partial charge in [0.2, 0.25) is 0 Å². The van der Waals surface area contributed by atoms with Crippen molar-refractivity contribution >= 4 is 33.4 Å². The van der Waals surface area contributed by atoms with E-state index in [0.717, 1.165) is 17.4 Å². The molecule has 3 nitrogen and oxygen atoms in total. The first kappa shape index (κ1) is 13.5. The molecular weight excluding hydrogens is 291 g/mol. The number of nitrogens with one attached hydrogen (secondary N) is 2. The molecule has 1 rings (SSSR count). The molecule has 1 aromatic carbocycles. The van der Waals surface area contributed by atoms with Gasteiger partial charge in [-0.3, -0.25) is 4.79 Å². The van der Waals surface area contributed by atoms with Crippen molar-refractivity contribution in [2.75, 3.05) is 20.1 Å². The summed E-state index contributed by atoms with van der Waals surface area (Å²) in [4.78, 5) is 11.7. The third-order valence-electron chi connectivity index (χ3n) is 2.06. The summed E-state index contributed by atoms with van der Waals surface area (Å²) >= 11 is 9.25. The highest BCUT2D eigenvalue weighted by Gasteiger charge is 2.09. The number of benzene rings is 1. The van der Waals surface area contributed by atoms with E-state index in [0.29, 0.717) is 17.1 Å². The molecule has 16 heavy (non-hydrogen) atoms. The third-order valence-corrected chi connectivity index (χ3v) is 2.88. The Morgan fingerprint density at radius 1 is 1.44 bits per heavy atom. The fourth-order valence-electron chi connectivity index (χ4n) is 1.23. The molecule has 5 heteroatoms. The van der Waals surface area contributed by atoms with Crippen LogP contribution in [-0.4, -0.2) is 26.0 Å². The SMILES string of the molecule is CNCCCNC(=O)c1cc(Br)ccc1Cl. The lowest BCUT2D eigenvalue weighted by molar-refractivity contribution is 0.0953. The number of carbonyl (C=O) groups excluding carboxylic acids is 1. The zero-order valence-electron chi connectivity index (χ0n) is 9.02. The summed E-state index contributed by atoms with van der Waals surface area (Å²) in [6.45, 7) is 1.52. The van der Waals surface area contributed by atoms with Crippen molar-refractivity contribution in [3.8, 4) is 0 Å². The first-order valence-corrected chi connectivity index (χ1v) is 6.20. The van der Waals surface area contributed by atoms with Crippen LogP contribution < -0.4 is 10.6 Å². The van der Waals surface area contributed by atoms with E-state index in [4.69, 9.17) is 11.6 Å². The van der Waals surface area contributed by atoms with Crippen LogP contribution in [0.2, 0.25) is 5.02 Å². The maximum absolute atomic E-state index is 11.7. The van der Waals surface area contributed by atoms with Crippen LogP contribution in [0.15, 0.2) is 22.7 Å². The van der Waals surface area contributed by atoms with E-state index in [1.54, 1.807) is 18.2 Å². The normalized spacial score (nSPS) is 10.2. The van der Waals surface area contributed by atoms with Crippen LogP contribution in [0.25, 0.3) is 0 Å². The minimum Gasteiger partial charge on any atom is -0.352 e. The van der Waals surface area contributed by atoms with Crippen molar-refractivity contribution in [3.63, 3.8) is 0 Å². The Morgan fingerprint density at radius 3 is 2.88 bits per heavy atom. The molecule has 0 heterocycles. The molecule has 0 spiro atoms. The molecule has 2 N–H and O–H groups in total. The highest BCUT2D eigenvalue weighted by atomic mass is 79.9. The highest BCUT2D eigenvalue weighted by Crippen LogP contribution is 2.20. The van der Waals surface area contributed by atoms with Crippen LogP contribution in [0.3, 0.4) is 0 Å². The van der Waals surface area contributed by atoms with Gasteiger partial charge in [-0.15, -0.1) is 0 Å². The zero-order valence-corrected chi connectivity index (χ0v) is 11.4. The largest absolute Gasteiger partial charge is 0.352 e. The quantitative estimate of drug-likeness (QED) is 0.821. The van der Waals surface area contributed by atoms with Gasteiger partial charge in [-0.25, -0.2) is 0 Å². The predicted molar refractivity (Wildman–Crippen MR) is 70.0 cm³/mol. The summed E-state index contributed by atoms with van der Waals surface area (Å²) in [6, 6.07) is 5.23. The zero-order chi connectivity index (χ0) is 12.0. The molecular formula is C11H14BrClN2O. The molecule has 0 bridgehead atoms. The maximum atomic E-state index is 11.7. The Hall–Kier alpha value is -0.580. The van der Waals surface area contributed by atoms with E-state index >= 15 is 0 Å². The number of carbonyl (C=O) groups is 1. The smallest absolute Gasteiger partial charge is 0.252 e. The van der Waals surface area contributed by atoms with Crippen molar-refractivity contribution in [1.82, 2.24) is 10.6 Å². The Bertz CT molecular complexity index is 371. The van der Waals surface area contributed by atoms with Crippen LogP contribution in [0, 0.1) is 0 Å². The first-order valence-electron chi connectivity index (χ1n) is 5.03. The summed E-state index contributed by atoms with van der Waals surface area (Å²) in [5, 5.41) is 6.30. The summed E-state index contributed by atoms with van der Waals surface area (Å²) in [5.74, 6) is -0.137. The monoisotopic (exact) mass is 304 g/mol. The standard InChI is InChI=1S/C11H14BrClN2O/c1-14-5-2-6-15-11(16)9-7-8(12)3-4-10(9)13/h3-4,7,14H,2,5-6H2,1H3,(H,15,16). The van der Waals surface area contributed by atoms with Gasteiger partial charge < -0.3 is 10.6 Å². The molecule has 0 aromatic heterocycles. The molecule has 1 amide bonds. The number of amides is 1. The van der Waals surface area contributed by atoms with E-state index in [2.05, 4.69) is 26.6 Å². The topological polar surface area (TPSA) is 41.1 Å². The summed E-state index contributed by atoms with van der Waals surface area (Å²) in [5.41, 5.74) is 0.500. The fourth-order valence-corrected chi connectivity index (χ4v) is 1.80. The second kappa shape index (κ2) is 6.89. The molecule has 0 aliphatic carbocycles. The van der Waals surface area contributed by atoms with Crippen molar-refractivity contribution < 1.29 is 4.79 Å². The summed E-state index contributed by atoms with van der Waals surface area (Å²) in [6.07, 6.45) is 0.897. The minimum atomic E-state index is -0.137. The van der Waals surface area contributed by atoms with Crippen LogP contribution in [-0.2, 0) is 0 Å². The van der Waals surface area contributed by atoms with Gasteiger partial charge in [-0.2, -0.15) is 0 Å². The van der Waals surface area contributed by atoms with Gasteiger partial charge in [-0.1, -0.05) is 27.5 Å². The van der Waals surface area contributed by atoms with Crippen LogP contribution in [0.1, 0.15) is 16.8 Å². The molecule has 0 radical (unpaired) electrons. The number of halogens is 2. The van der Waals surface area contributed by atoms with E-state index < -0.39 is 0 Å². The Balaban J connectivity index is 2.55. The van der Waals surface area contributed by atoms with Gasteiger partial charge in [0, 0.05) is 11.0 Å². The summed E-state index contributed by atoms with van der Waals surface area (Å²) in [7, 11) is 1.88. The molecule has 0 aliphatic heterocycles. The van der Waals surface area contributed by atoms with E-state index in [1.165, 1.54) is 0 Å². The lowest BCUT2D eigenvalue weighted by Crippen LogP contribution is -2.26. The van der Waals surface area contributed by atoms with Gasteiger partial charge in [0.25, 0.3) is 5.91 Å². The average molecular weight is 306 g/mol. The van der Waals surface area contributed by atoms with Crippen LogP contribution in [0.4, 0.5) is 0 Å². The van der Waals surface area contributed by atoms with Crippen molar-refractivity contribution in [1.29, 1.82) is 0 Å². The highest BCUT2D eigenvalue weighted by molar-refractivity contribution is 9.10. The lowest BCUT2D eigenvalue weighted by atomic mass is 10.2. The van der Waals surface area contributed by atoms with E-state index in [-0.39, 0.29) is 5.91 Å². The minimum absolute atomic E-state index is 0.137. The van der Waals surface area contributed by atoms with Gasteiger partial charge in [0.15, 0.2) is 0 Å². The molecule has 88 valence electrons. The lowest BCUT2D eigenvalue weighted by Gasteiger charge is -2.06. The van der Waals surface area contributed by atoms with Crippen LogP contribution in [0.5, 0.6) is 0 Å². The molecule has 0 saturated carbocycles. The van der Waals surface area contributed by atoms with E-state index in [1.807, 2.05) is 7.05 Å². The van der Waals surface area contributed by atoms with Gasteiger partial charge in [-0.05, 0) is 38.2 Å². The van der Waals surface area contributed by atoms with Crippen molar-refractivity contribution in [2.24, 2.45) is 0 Å². The number of hydrogen-bond acceptors (Lipinski definition) is 2. The van der Waals surface area contributed by atoms with Gasteiger partial charge >= 0.3 is 0 Å². The maximum Gasteiger partial charge on any atom is 0.252 e. The fraction of sp³-hybridized carbons (Fsp3) is 0.364. The van der Waals surface area contributed by atoms with Gasteiger partial charge in [0.1, 0.15) is 0 Å². The molecule has 1 aromatic rings. The predicted octanol–water partition coefficient (Wildman–Crippen LogP) is 2.44. The first-order chi connectivity index (χ1) is 7.65.